The fourth-order valence-corrected chi connectivity index (χ4v) is 5.91. The van der Waals surface area contributed by atoms with Crippen molar-refractivity contribution in [2.24, 2.45) is 0 Å². The van der Waals surface area contributed by atoms with Gasteiger partial charge in [0.15, 0.2) is 5.75 Å². The summed E-state index contributed by atoms with van der Waals surface area (Å²) in [6, 6.07) is 18.1. The van der Waals surface area contributed by atoms with E-state index < -0.39 is 16.1 Å². The fourth-order valence-electron chi connectivity index (χ4n) is 5.36. The lowest BCUT2D eigenvalue weighted by atomic mass is 9.86. The maximum atomic E-state index is 13.4. The summed E-state index contributed by atoms with van der Waals surface area (Å²) >= 11 is 0. The SMILES string of the molecule is COc1c(NC(=O)Nc2ccc(Oc3ccnc(CN4CCN(C)CC4)c3)c3ccccc23)cc(C(C)(C)C)cc1NS(C)(=O)=O. The fraction of sp³-hybridized carbons (Fsp3) is 0.353. The summed E-state index contributed by atoms with van der Waals surface area (Å²) in [4.78, 5) is 22.7. The Balaban J connectivity index is 1.37. The Morgan fingerprint density at radius 1 is 0.913 bits per heavy atom. The Labute approximate surface area is 271 Å². The van der Waals surface area contributed by atoms with Crippen LogP contribution in [0.4, 0.5) is 21.9 Å². The van der Waals surface area contributed by atoms with Gasteiger partial charge in [-0.3, -0.25) is 14.6 Å². The molecule has 1 aliphatic heterocycles. The number of anilines is 3. The number of urea groups is 1. The molecule has 0 atom stereocenters. The minimum atomic E-state index is -3.61. The molecule has 5 rings (SSSR count). The highest BCUT2D eigenvalue weighted by atomic mass is 32.2. The van der Waals surface area contributed by atoms with E-state index in [1.807, 2.05) is 63.2 Å². The van der Waals surface area contributed by atoms with Gasteiger partial charge in [-0.1, -0.05) is 45.0 Å². The van der Waals surface area contributed by atoms with Crippen LogP contribution in [-0.2, 0) is 22.0 Å². The molecule has 2 amide bonds. The standard InChI is InChI=1S/C34H42N6O5S/c1-34(2,3)23-19-29(32(44-5)30(20-23)38-46(6,42)43)37-33(41)36-28-11-12-31(27-10-8-7-9-26(27)28)45-25-13-14-35-24(21-25)22-40-17-15-39(4)16-18-40/h7-14,19-21,38H,15-18,22H2,1-6H3,(H2,36,37,41). The molecule has 1 fully saturated rings. The normalized spacial score (nSPS) is 14.6. The van der Waals surface area contributed by atoms with Gasteiger partial charge in [0.2, 0.25) is 10.0 Å². The number of hydrogen-bond acceptors (Lipinski definition) is 8. The van der Waals surface area contributed by atoms with Crippen molar-refractivity contribution in [2.45, 2.75) is 32.7 Å². The maximum absolute atomic E-state index is 13.4. The molecule has 244 valence electrons. The van der Waals surface area contributed by atoms with Crippen LogP contribution in [0.1, 0.15) is 32.0 Å². The molecule has 4 aromatic rings. The molecule has 12 heteroatoms. The number of methoxy groups -OCH3 is 1. The molecule has 0 spiro atoms. The topological polar surface area (TPSA) is 125 Å². The summed E-state index contributed by atoms with van der Waals surface area (Å²) in [6.45, 7) is 10.8. The van der Waals surface area contributed by atoms with Gasteiger partial charge >= 0.3 is 6.03 Å². The van der Waals surface area contributed by atoms with Crippen molar-refractivity contribution in [1.82, 2.24) is 14.8 Å². The van der Waals surface area contributed by atoms with Crippen molar-refractivity contribution in [3.05, 3.63) is 78.1 Å². The predicted molar refractivity (Wildman–Crippen MR) is 184 cm³/mol. The molecular weight excluding hydrogens is 604 g/mol. The molecule has 3 aromatic carbocycles. The number of rotatable bonds is 9. The average Bonchev–Trinajstić information content (AvgIpc) is 2.98. The molecule has 0 saturated carbocycles. The van der Waals surface area contributed by atoms with Gasteiger partial charge in [0.25, 0.3) is 0 Å². The number of carbonyl (C=O) groups is 1. The third-order valence-corrected chi connectivity index (χ3v) is 8.42. The van der Waals surface area contributed by atoms with Crippen molar-refractivity contribution in [3.8, 4) is 17.2 Å². The van der Waals surface area contributed by atoms with Crippen molar-refractivity contribution in [2.75, 3.05) is 61.9 Å². The Kier molecular flexibility index (Phi) is 9.71. The number of hydrogen-bond donors (Lipinski definition) is 3. The first-order valence-corrected chi connectivity index (χ1v) is 17.0. The highest BCUT2D eigenvalue weighted by molar-refractivity contribution is 7.92. The zero-order chi connectivity index (χ0) is 33.1. The number of amides is 2. The highest BCUT2D eigenvalue weighted by Gasteiger charge is 2.23. The monoisotopic (exact) mass is 646 g/mol. The second kappa shape index (κ2) is 13.5. The maximum Gasteiger partial charge on any atom is 0.323 e. The third-order valence-electron chi connectivity index (χ3n) is 7.83. The molecule has 1 saturated heterocycles. The van der Waals surface area contributed by atoms with E-state index in [9.17, 15) is 13.2 Å². The van der Waals surface area contributed by atoms with Gasteiger partial charge in [0, 0.05) is 55.8 Å². The van der Waals surface area contributed by atoms with E-state index in [1.165, 1.54) is 7.11 Å². The molecule has 0 bridgehead atoms. The minimum Gasteiger partial charge on any atom is -0.492 e. The summed E-state index contributed by atoms with van der Waals surface area (Å²) in [5.41, 5.74) is 2.56. The molecule has 1 aromatic heterocycles. The first-order valence-electron chi connectivity index (χ1n) is 15.1. The Morgan fingerprint density at radius 2 is 1.59 bits per heavy atom. The number of piperazine rings is 1. The highest BCUT2D eigenvalue weighted by Crippen LogP contribution is 2.40. The number of benzene rings is 3. The van der Waals surface area contributed by atoms with Crippen LogP contribution >= 0.6 is 0 Å². The molecule has 1 aliphatic rings. The number of nitrogens with zero attached hydrogens (tertiary/aromatic N) is 3. The second-order valence-electron chi connectivity index (χ2n) is 12.6. The van der Waals surface area contributed by atoms with E-state index >= 15 is 0 Å². The molecule has 0 radical (unpaired) electrons. The Morgan fingerprint density at radius 3 is 2.26 bits per heavy atom. The number of carbonyl (C=O) groups excluding carboxylic acids is 1. The van der Waals surface area contributed by atoms with Crippen molar-refractivity contribution >= 4 is 43.9 Å². The summed E-state index contributed by atoms with van der Waals surface area (Å²) < 4.78 is 38.6. The van der Waals surface area contributed by atoms with Crippen LogP contribution < -0.4 is 24.8 Å². The number of sulfonamides is 1. The molecular formula is C34H42N6O5S. The van der Waals surface area contributed by atoms with Gasteiger partial charge in [0.1, 0.15) is 11.5 Å². The number of aromatic nitrogens is 1. The van der Waals surface area contributed by atoms with Gasteiger partial charge in [-0.2, -0.15) is 0 Å². The lowest BCUT2D eigenvalue weighted by Gasteiger charge is -2.32. The van der Waals surface area contributed by atoms with Gasteiger partial charge < -0.3 is 25.0 Å². The lowest BCUT2D eigenvalue weighted by molar-refractivity contribution is 0.147. The summed E-state index contributed by atoms with van der Waals surface area (Å²) in [5.74, 6) is 1.54. The number of fused-ring (bicyclic) bond motifs is 1. The van der Waals surface area contributed by atoms with Crippen LogP contribution in [0.25, 0.3) is 10.8 Å². The minimum absolute atomic E-state index is 0.200. The summed E-state index contributed by atoms with van der Waals surface area (Å²) in [7, 11) is -0.0414. The zero-order valence-corrected chi connectivity index (χ0v) is 28.0. The van der Waals surface area contributed by atoms with Crippen molar-refractivity contribution in [3.63, 3.8) is 0 Å². The predicted octanol–water partition coefficient (Wildman–Crippen LogP) is 6.10. The van der Waals surface area contributed by atoms with Crippen LogP contribution in [0.15, 0.2) is 66.9 Å². The molecule has 11 nitrogen and oxygen atoms in total. The molecule has 3 N–H and O–H groups in total. The van der Waals surface area contributed by atoms with Gasteiger partial charge in [-0.25, -0.2) is 13.2 Å². The van der Waals surface area contributed by atoms with Crippen LogP contribution in [0.5, 0.6) is 17.2 Å². The van der Waals surface area contributed by atoms with E-state index in [2.05, 4.69) is 37.2 Å². The summed E-state index contributed by atoms with van der Waals surface area (Å²) in [5, 5.41) is 7.41. The number of ether oxygens (including phenoxy) is 2. The molecule has 2 heterocycles. The third kappa shape index (κ3) is 8.25. The first kappa shape index (κ1) is 33.0. The number of nitrogens with one attached hydrogen (secondary N) is 3. The van der Waals surface area contributed by atoms with Gasteiger partial charge in [0.05, 0.1) is 36.1 Å². The smallest absolute Gasteiger partial charge is 0.323 e. The van der Waals surface area contributed by atoms with E-state index in [0.717, 1.165) is 61.0 Å². The van der Waals surface area contributed by atoms with Gasteiger partial charge in [-0.15, -0.1) is 0 Å². The zero-order valence-electron chi connectivity index (χ0n) is 27.2. The van der Waals surface area contributed by atoms with E-state index in [4.69, 9.17) is 9.47 Å². The summed E-state index contributed by atoms with van der Waals surface area (Å²) in [6.07, 6.45) is 2.83. The molecule has 46 heavy (non-hydrogen) atoms. The average molecular weight is 647 g/mol. The van der Waals surface area contributed by atoms with Crippen molar-refractivity contribution in [1.29, 1.82) is 0 Å². The first-order chi connectivity index (χ1) is 21.8. The Bertz CT molecular complexity index is 1830. The van der Waals surface area contributed by atoms with E-state index in [-0.39, 0.29) is 16.9 Å². The van der Waals surface area contributed by atoms with Crippen molar-refractivity contribution < 1.29 is 22.7 Å². The van der Waals surface area contributed by atoms with Gasteiger partial charge in [-0.05, 0) is 48.4 Å². The van der Waals surface area contributed by atoms with Crippen LogP contribution in [0, 0.1) is 0 Å². The quantitative estimate of drug-likeness (QED) is 0.199. The Hall–Kier alpha value is -4.39. The number of pyridine rings is 1. The van der Waals surface area contributed by atoms with Crippen LogP contribution in [-0.4, -0.2) is 75.8 Å². The van der Waals surface area contributed by atoms with Crippen LogP contribution in [0.3, 0.4) is 0 Å². The van der Waals surface area contributed by atoms with E-state index in [1.54, 1.807) is 24.4 Å². The molecule has 0 unspecified atom stereocenters. The number of likely N-dealkylation sites (N-methyl/N-ethyl adjacent to an activating group) is 1. The lowest BCUT2D eigenvalue weighted by Crippen LogP contribution is -2.43. The largest absolute Gasteiger partial charge is 0.492 e. The molecule has 0 aliphatic carbocycles. The second-order valence-corrected chi connectivity index (χ2v) is 14.4. The van der Waals surface area contributed by atoms with E-state index in [0.29, 0.717) is 22.9 Å². The van der Waals surface area contributed by atoms with Crippen LogP contribution in [0.2, 0.25) is 0 Å².